The number of unbranched alkanes of at least 4 members (excludes halogenated alkanes) is 20. The second kappa shape index (κ2) is 33.6. The summed E-state index contributed by atoms with van der Waals surface area (Å²) in [5, 5.41) is 12.6. The Bertz CT molecular complexity index is 779. The molecule has 0 aromatic rings. The Morgan fingerprint density at radius 3 is 1.70 bits per heavy atom. The molecule has 0 spiro atoms. The molecule has 0 aliphatic carbocycles. The van der Waals surface area contributed by atoms with Crippen LogP contribution < -0.4 is 5.32 Å². The van der Waals surface area contributed by atoms with Gasteiger partial charge < -0.3 is 20.1 Å². The summed E-state index contributed by atoms with van der Waals surface area (Å²) < 4.78 is 26.7. The summed E-state index contributed by atoms with van der Waals surface area (Å²) in [6.07, 6.45) is 31.4. The maximum atomic E-state index is 12.0. The lowest BCUT2D eigenvalue weighted by molar-refractivity contribution is -0.147. The van der Waals surface area contributed by atoms with Crippen LogP contribution in [0.3, 0.4) is 0 Å². The van der Waals surface area contributed by atoms with Crippen molar-refractivity contribution in [3.8, 4) is 0 Å². The number of amides is 1. The standard InChI is InChI=1S/C36H70NO8P/c1-3-5-7-9-11-13-15-16-17-19-21-23-25-27-29-36(40)43-32-34(38)33-45-46(41,42)44-31-30-37-35(39)28-26-24-22-20-18-14-12-10-8-6-4-2/h10,12,34,38H,3-9,11,13-33H2,1-2H3,(H,37,39)(H,41,42)/b12-10-. The van der Waals surface area contributed by atoms with Gasteiger partial charge in [-0.1, -0.05) is 142 Å². The third kappa shape index (κ3) is 34.1. The van der Waals surface area contributed by atoms with Gasteiger partial charge in [-0.2, -0.15) is 0 Å². The van der Waals surface area contributed by atoms with Crippen molar-refractivity contribution >= 4 is 19.7 Å². The molecule has 0 aromatic heterocycles. The smallest absolute Gasteiger partial charge is 0.463 e. The molecule has 0 heterocycles. The van der Waals surface area contributed by atoms with Crippen LogP contribution in [-0.2, 0) is 27.9 Å². The van der Waals surface area contributed by atoms with E-state index in [-0.39, 0.29) is 32.1 Å². The lowest BCUT2D eigenvalue weighted by Crippen LogP contribution is -2.27. The lowest BCUT2D eigenvalue weighted by atomic mass is 10.0. The predicted octanol–water partition coefficient (Wildman–Crippen LogP) is 9.49. The van der Waals surface area contributed by atoms with Crippen LogP contribution in [-0.4, -0.2) is 54.3 Å². The van der Waals surface area contributed by atoms with Crippen LogP contribution >= 0.6 is 7.82 Å². The predicted molar refractivity (Wildman–Crippen MR) is 188 cm³/mol. The largest absolute Gasteiger partial charge is 0.472 e. The Balaban J connectivity index is 3.62. The molecular formula is C36H70NO8P. The first-order chi connectivity index (χ1) is 22.3. The molecule has 0 saturated heterocycles. The van der Waals surface area contributed by atoms with Crippen molar-refractivity contribution < 1.29 is 37.9 Å². The Kier molecular flexibility index (Phi) is 32.7. The number of carbonyl (C=O) groups excluding carboxylic acids is 2. The van der Waals surface area contributed by atoms with E-state index < -0.39 is 26.5 Å². The number of nitrogens with one attached hydrogen (secondary N) is 1. The second-order valence-electron chi connectivity index (χ2n) is 12.6. The summed E-state index contributed by atoms with van der Waals surface area (Å²) in [7, 11) is -4.40. The molecule has 2 atom stereocenters. The molecule has 1 amide bonds. The van der Waals surface area contributed by atoms with Gasteiger partial charge in [-0.05, 0) is 32.1 Å². The molecule has 272 valence electrons. The first-order valence-electron chi connectivity index (χ1n) is 18.7. The summed E-state index contributed by atoms with van der Waals surface area (Å²) in [5.74, 6) is -0.523. The van der Waals surface area contributed by atoms with Crippen LogP contribution in [0.15, 0.2) is 12.2 Å². The zero-order valence-corrected chi connectivity index (χ0v) is 30.4. The van der Waals surface area contributed by atoms with Crippen molar-refractivity contribution in [1.82, 2.24) is 5.32 Å². The molecule has 0 aliphatic rings. The van der Waals surface area contributed by atoms with Crippen LogP contribution in [0, 0.1) is 0 Å². The molecule has 0 saturated carbocycles. The number of ether oxygens (including phenoxy) is 1. The number of esters is 1. The molecule has 0 rings (SSSR count). The highest BCUT2D eigenvalue weighted by Crippen LogP contribution is 2.42. The monoisotopic (exact) mass is 675 g/mol. The molecule has 0 aliphatic heterocycles. The number of carbonyl (C=O) groups is 2. The Morgan fingerprint density at radius 1 is 0.652 bits per heavy atom. The van der Waals surface area contributed by atoms with E-state index in [0.717, 1.165) is 51.4 Å². The number of aliphatic hydroxyl groups excluding tert-OH is 1. The molecule has 0 radical (unpaired) electrons. The van der Waals surface area contributed by atoms with E-state index in [1.165, 1.54) is 96.3 Å². The number of phosphoric ester groups is 1. The molecule has 2 unspecified atom stereocenters. The molecule has 3 N–H and O–H groups in total. The summed E-state index contributed by atoms with van der Waals surface area (Å²) in [5.41, 5.74) is 0. The summed E-state index contributed by atoms with van der Waals surface area (Å²) in [6.45, 7) is 3.50. The van der Waals surface area contributed by atoms with Gasteiger partial charge in [-0.3, -0.25) is 18.6 Å². The average molecular weight is 676 g/mol. The van der Waals surface area contributed by atoms with E-state index in [2.05, 4.69) is 31.3 Å². The van der Waals surface area contributed by atoms with Crippen molar-refractivity contribution in [3.63, 3.8) is 0 Å². The fourth-order valence-electron chi connectivity index (χ4n) is 5.07. The van der Waals surface area contributed by atoms with Crippen LogP contribution in [0.4, 0.5) is 0 Å². The number of phosphoric acid groups is 1. The molecule has 10 heteroatoms. The van der Waals surface area contributed by atoms with E-state index in [1.54, 1.807) is 0 Å². The normalized spacial score (nSPS) is 13.6. The van der Waals surface area contributed by atoms with Crippen LogP contribution in [0.2, 0.25) is 0 Å². The molecule has 9 nitrogen and oxygen atoms in total. The zero-order chi connectivity index (χ0) is 34.0. The molecule has 46 heavy (non-hydrogen) atoms. The van der Waals surface area contributed by atoms with Crippen molar-refractivity contribution in [2.24, 2.45) is 0 Å². The Morgan fingerprint density at radius 2 is 1.13 bits per heavy atom. The summed E-state index contributed by atoms with van der Waals surface area (Å²) >= 11 is 0. The van der Waals surface area contributed by atoms with Gasteiger partial charge in [0.2, 0.25) is 5.91 Å². The Labute approximate surface area is 281 Å². The van der Waals surface area contributed by atoms with E-state index >= 15 is 0 Å². The summed E-state index contributed by atoms with van der Waals surface area (Å²) in [6, 6.07) is 0. The zero-order valence-electron chi connectivity index (χ0n) is 29.5. The van der Waals surface area contributed by atoms with Crippen LogP contribution in [0.5, 0.6) is 0 Å². The number of aliphatic hydroxyl groups is 1. The summed E-state index contributed by atoms with van der Waals surface area (Å²) in [4.78, 5) is 33.7. The molecular weight excluding hydrogens is 605 g/mol. The van der Waals surface area contributed by atoms with Crippen molar-refractivity contribution in [2.45, 2.75) is 180 Å². The van der Waals surface area contributed by atoms with Gasteiger partial charge in [0.25, 0.3) is 0 Å². The van der Waals surface area contributed by atoms with Crippen LogP contribution in [0.1, 0.15) is 174 Å². The van der Waals surface area contributed by atoms with Gasteiger partial charge in [-0.25, -0.2) is 4.57 Å². The van der Waals surface area contributed by atoms with Crippen molar-refractivity contribution in [2.75, 3.05) is 26.4 Å². The second-order valence-corrected chi connectivity index (χ2v) is 14.0. The fourth-order valence-corrected chi connectivity index (χ4v) is 5.82. The third-order valence-electron chi connectivity index (χ3n) is 7.95. The number of allylic oxidation sites excluding steroid dienone is 2. The van der Waals surface area contributed by atoms with Gasteiger partial charge in [0.15, 0.2) is 0 Å². The Hall–Kier alpha value is -1.25. The molecule has 0 bridgehead atoms. The van der Waals surface area contributed by atoms with Gasteiger partial charge in [0.1, 0.15) is 12.7 Å². The minimum absolute atomic E-state index is 0.0799. The van der Waals surface area contributed by atoms with E-state index in [0.29, 0.717) is 6.42 Å². The van der Waals surface area contributed by atoms with E-state index in [4.69, 9.17) is 13.8 Å². The van der Waals surface area contributed by atoms with Crippen LogP contribution in [0.25, 0.3) is 0 Å². The van der Waals surface area contributed by atoms with Crippen molar-refractivity contribution in [3.05, 3.63) is 12.2 Å². The first-order valence-corrected chi connectivity index (χ1v) is 20.2. The maximum Gasteiger partial charge on any atom is 0.472 e. The highest BCUT2D eigenvalue weighted by molar-refractivity contribution is 7.47. The van der Waals surface area contributed by atoms with Gasteiger partial charge >= 0.3 is 13.8 Å². The average Bonchev–Trinajstić information content (AvgIpc) is 3.04. The first kappa shape index (κ1) is 44.8. The number of rotatable bonds is 35. The number of hydrogen-bond donors (Lipinski definition) is 3. The topological polar surface area (TPSA) is 131 Å². The highest BCUT2D eigenvalue weighted by Gasteiger charge is 2.23. The van der Waals surface area contributed by atoms with E-state index in [9.17, 15) is 24.2 Å². The molecule has 0 fully saturated rings. The number of hydrogen-bond acceptors (Lipinski definition) is 7. The highest BCUT2D eigenvalue weighted by atomic mass is 31.2. The minimum Gasteiger partial charge on any atom is -0.463 e. The van der Waals surface area contributed by atoms with Gasteiger partial charge in [0.05, 0.1) is 13.2 Å². The van der Waals surface area contributed by atoms with Gasteiger partial charge in [-0.15, -0.1) is 0 Å². The van der Waals surface area contributed by atoms with Crippen molar-refractivity contribution in [1.29, 1.82) is 0 Å². The molecule has 0 aromatic carbocycles. The third-order valence-corrected chi connectivity index (χ3v) is 8.93. The maximum absolute atomic E-state index is 12.0. The lowest BCUT2D eigenvalue weighted by Gasteiger charge is -2.15. The SMILES string of the molecule is CCCC/C=C\CCCCCCCC(=O)NCCOP(=O)(O)OCC(O)COC(=O)CCCCCCCCCCCCCCCC. The van der Waals surface area contributed by atoms with E-state index in [1.807, 2.05) is 0 Å². The quantitative estimate of drug-likeness (QED) is 0.0262. The fraction of sp³-hybridized carbons (Fsp3) is 0.889. The van der Waals surface area contributed by atoms with Gasteiger partial charge in [0, 0.05) is 19.4 Å². The minimum atomic E-state index is -4.40.